The predicted octanol–water partition coefficient (Wildman–Crippen LogP) is 12.4. The standard InChI is InChI=1S/C43H79NO3/c1-3-5-7-9-11-13-15-17-19-21-23-25-27-29-31-33-38-46-43(40-44-37-35-36-42(44)41-45)47-39-34-32-30-28-26-24-22-20-18-16-14-12-10-8-6-4-2/h11-14,17-20,42-43,45H,3-10,15-16,21-41H2,1-2H3/b13-11-,14-12-,19-17-,20-18-/t42-/m1/s1. The van der Waals surface area contributed by atoms with Crippen molar-refractivity contribution in [2.24, 2.45) is 0 Å². The molecule has 0 saturated carbocycles. The van der Waals surface area contributed by atoms with E-state index in [1.165, 1.54) is 128 Å². The molecule has 1 rings (SSSR count). The van der Waals surface area contributed by atoms with Crippen molar-refractivity contribution in [3.05, 3.63) is 48.6 Å². The second kappa shape index (κ2) is 36.1. The van der Waals surface area contributed by atoms with Crippen LogP contribution in [0.3, 0.4) is 0 Å². The molecular formula is C43H79NO3. The van der Waals surface area contributed by atoms with Gasteiger partial charge in [0.1, 0.15) is 0 Å². The summed E-state index contributed by atoms with van der Waals surface area (Å²) in [5.41, 5.74) is 0. The first kappa shape index (κ1) is 43.8. The minimum Gasteiger partial charge on any atom is -0.395 e. The summed E-state index contributed by atoms with van der Waals surface area (Å²) in [6.07, 6.45) is 51.0. The van der Waals surface area contributed by atoms with Crippen LogP contribution in [0.5, 0.6) is 0 Å². The Kier molecular flexibility index (Phi) is 33.6. The molecule has 0 unspecified atom stereocenters. The largest absolute Gasteiger partial charge is 0.395 e. The van der Waals surface area contributed by atoms with E-state index in [4.69, 9.17) is 9.47 Å². The first-order chi connectivity index (χ1) is 23.3. The Balaban J connectivity index is 2.07. The van der Waals surface area contributed by atoms with Crippen LogP contribution >= 0.6 is 0 Å². The Morgan fingerprint density at radius 2 is 0.957 bits per heavy atom. The number of hydrogen-bond donors (Lipinski definition) is 1. The lowest BCUT2D eigenvalue weighted by molar-refractivity contribution is -0.156. The van der Waals surface area contributed by atoms with E-state index in [1.807, 2.05) is 0 Å². The molecule has 0 bridgehead atoms. The third-order valence-corrected chi connectivity index (χ3v) is 9.39. The summed E-state index contributed by atoms with van der Waals surface area (Å²) in [7, 11) is 0. The van der Waals surface area contributed by atoms with E-state index < -0.39 is 0 Å². The third-order valence-electron chi connectivity index (χ3n) is 9.39. The van der Waals surface area contributed by atoms with E-state index in [0.717, 1.165) is 64.8 Å². The van der Waals surface area contributed by atoms with Gasteiger partial charge < -0.3 is 14.6 Å². The number of aliphatic hydroxyl groups excluding tert-OH is 1. The molecule has 1 aliphatic rings. The number of ether oxygens (including phenoxy) is 2. The van der Waals surface area contributed by atoms with E-state index in [9.17, 15) is 5.11 Å². The van der Waals surface area contributed by atoms with Crippen molar-refractivity contribution in [2.75, 3.05) is 32.9 Å². The second-order valence-corrected chi connectivity index (χ2v) is 13.8. The van der Waals surface area contributed by atoms with Crippen molar-refractivity contribution in [3.8, 4) is 0 Å². The summed E-state index contributed by atoms with van der Waals surface area (Å²) in [5, 5.41) is 9.78. The van der Waals surface area contributed by atoms with Crippen LogP contribution in [0.15, 0.2) is 48.6 Å². The highest BCUT2D eigenvalue weighted by atomic mass is 16.7. The van der Waals surface area contributed by atoms with Crippen LogP contribution in [0.1, 0.15) is 181 Å². The predicted molar refractivity (Wildman–Crippen MR) is 206 cm³/mol. The zero-order chi connectivity index (χ0) is 33.7. The summed E-state index contributed by atoms with van der Waals surface area (Å²) >= 11 is 0. The molecule has 0 radical (unpaired) electrons. The van der Waals surface area contributed by atoms with Gasteiger partial charge in [-0.05, 0) is 96.4 Å². The molecule has 1 N–H and O–H groups in total. The van der Waals surface area contributed by atoms with Gasteiger partial charge in [-0.2, -0.15) is 0 Å². The molecule has 4 nitrogen and oxygen atoms in total. The zero-order valence-electron chi connectivity index (χ0n) is 31.4. The summed E-state index contributed by atoms with van der Waals surface area (Å²) in [5.74, 6) is 0. The van der Waals surface area contributed by atoms with Crippen LogP contribution in [0.25, 0.3) is 0 Å². The van der Waals surface area contributed by atoms with Crippen LogP contribution in [0.2, 0.25) is 0 Å². The second-order valence-electron chi connectivity index (χ2n) is 13.8. The van der Waals surface area contributed by atoms with Gasteiger partial charge >= 0.3 is 0 Å². The van der Waals surface area contributed by atoms with Crippen molar-refractivity contribution >= 4 is 0 Å². The highest BCUT2D eigenvalue weighted by molar-refractivity contribution is 4.93. The molecule has 1 aliphatic heterocycles. The van der Waals surface area contributed by atoms with Crippen LogP contribution < -0.4 is 0 Å². The van der Waals surface area contributed by atoms with Gasteiger partial charge in [-0.1, -0.05) is 140 Å². The zero-order valence-corrected chi connectivity index (χ0v) is 31.4. The van der Waals surface area contributed by atoms with Crippen molar-refractivity contribution < 1.29 is 14.6 Å². The van der Waals surface area contributed by atoms with Crippen LogP contribution in [-0.2, 0) is 9.47 Å². The molecule has 47 heavy (non-hydrogen) atoms. The van der Waals surface area contributed by atoms with Crippen molar-refractivity contribution in [3.63, 3.8) is 0 Å². The molecule has 1 saturated heterocycles. The molecule has 1 heterocycles. The average Bonchev–Trinajstić information content (AvgIpc) is 3.54. The first-order valence-corrected chi connectivity index (χ1v) is 20.5. The molecule has 1 atom stereocenters. The molecule has 4 heteroatoms. The molecule has 0 aromatic carbocycles. The molecule has 0 amide bonds. The average molecular weight is 658 g/mol. The number of likely N-dealkylation sites (tertiary alicyclic amines) is 1. The van der Waals surface area contributed by atoms with Gasteiger partial charge in [-0.15, -0.1) is 0 Å². The van der Waals surface area contributed by atoms with Crippen molar-refractivity contribution in [1.29, 1.82) is 0 Å². The quantitative estimate of drug-likeness (QED) is 0.0418. The van der Waals surface area contributed by atoms with Gasteiger partial charge in [0.05, 0.1) is 6.61 Å². The van der Waals surface area contributed by atoms with E-state index in [-0.39, 0.29) is 18.9 Å². The van der Waals surface area contributed by atoms with Gasteiger partial charge in [0.15, 0.2) is 6.29 Å². The van der Waals surface area contributed by atoms with E-state index >= 15 is 0 Å². The van der Waals surface area contributed by atoms with Crippen LogP contribution in [-0.4, -0.2) is 55.2 Å². The molecule has 0 aliphatic carbocycles. The van der Waals surface area contributed by atoms with Gasteiger partial charge in [0, 0.05) is 25.8 Å². The number of allylic oxidation sites excluding steroid dienone is 8. The Morgan fingerprint density at radius 3 is 1.38 bits per heavy atom. The maximum atomic E-state index is 9.78. The summed E-state index contributed by atoms with van der Waals surface area (Å²) in [6, 6.07) is 0.272. The Labute approximate surface area is 293 Å². The summed E-state index contributed by atoms with van der Waals surface area (Å²) in [4.78, 5) is 2.38. The maximum Gasteiger partial charge on any atom is 0.170 e. The summed E-state index contributed by atoms with van der Waals surface area (Å²) < 4.78 is 12.5. The van der Waals surface area contributed by atoms with E-state index in [1.54, 1.807) is 0 Å². The highest BCUT2D eigenvalue weighted by Crippen LogP contribution is 2.19. The molecule has 0 spiro atoms. The topological polar surface area (TPSA) is 41.9 Å². The van der Waals surface area contributed by atoms with E-state index in [2.05, 4.69) is 67.4 Å². The normalized spacial score (nSPS) is 16.1. The lowest BCUT2D eigenvalue weighted by atomic mass is 10.1. The number of unbranched alkanes of at least 4 members (excludes halogenated alkanes) is 18. The number of hydrogen-bond acceptors (Lipinski definition) is 4. The third kappa shape index (κ3) is 29.4. The molecular weight excluding hydrogens is 578 g/mol. The molecule has 0 aromatic rings. The fraction of sp³-hybridized carbons (Fsp3) is 0.814. The molecule has 1 fully saturated rings. The summed E-state index contributed by atoms with van der Waals surface area (Å²) in [6.45, 7) is 8.16. The van der Waals surface area contributed by atoms with Crippen molar-refractivity contribution in [1.82, 2.24) is 4.90 Å². The van der Waals surface area contributed by atoms with Gasteiger partial charge in [0.25, 0.3) is 0 Å². The van der Waals surface area contributed by atoms with Gasteiger partial charge in [-0.3, -0.25) is 4.90 Å². The van der Waals surface area contributed by atoms with Gasteiger partial charge in [-0.25, -0.2) is 0 Å². The van der Waals surface area contributed by atoms with Crippen molar-refractivity contribution in [2.45, 2.75) is 193 Å². The smallest absolute Gasteiger partial charge is 0.170 e. The molecule has 0 aromatic heterocycles. The van der Waals surface area contributed by atoms with Gasteiger partial charge in [0.2, 0.25) is 0 Å². The number of rotatable bonds is 35. The number of aliphatic hydroxyl groups is 1. The lowest BCUT2D eigenvalue weighted by Gasteiger charge is -2.28. The fourth-order valence-corrected chi connectivity index (χ4v) is 6.30. The first-order valence-electron chi connectivity index (χ1n) is 20.5. The van der Waals surface area contributed by atoms with E-state index in [0.29, 0.717) is 0 Å². The highest BCUT2D eigenvalue weighted by Gasteiger charge is 2.26. The van der Waals surface area contributed by atoms with Crippen LogP contribution in [0, 0.1) is 0 Å². The van der Waals surface area contributed by atoms with Crippen LogP contribution in [0.4, 0.5) is 0 Å². The minimum absolute atomic E-state index is 0.168. The minimum atomic E-state index is -0.168. The monoisotopic (exact) mass is 658 g/mol. The fourth-order valence-electron chi connectivity index (χ4n) is 6.30. The SMILES string of the molecule is CCCCC/C=C\C/C=C\CCCCCCCCOC(CN1CCC[C@@H]1CO)OCCCCCCCC/C=C\C/C=C\CCCCC. The number of nitrogens with zero attached hydrogens (tertiary/aromatic N) is 1. The Morgan fingerprint density at radius 1 is 0.553 bits per heavy atom. The Hall–Kier alpha value is -1.20. The Bertz CT molecular complexity index is 695. The lowest BCUT2D eigenvalue weighted by Crippen LogP contribution is -2.40. The maximum absolute atomic E-state index is 9.78. The molecule has 274 valence electrons.